The van der Waals surface area contributed by atoms with Gasteiger partial charge < -0.3 is 5.32 Å². The summed E-state index contributed by atoms with van der Waals surface area (Å²) in [5, 5.41) is 4.14. The van der Waals surface area contributed by atoms with Gasteiger partial charge in [0.1, 0.15) is 0 Å². The fraction of sp³-hybridized carbons (Fsp3) is 0.917. The molecular formula is C12H20BrNO. The minimum Gasteiger partial charge on any atom is -0.350 e. The van der Waals surface area contributed by atoms with Crippen LogP contribution in [0.4, 0.5) is 0 Å². The molecule has 2 fully saturated rings. The molecule has 0 unspecified atom stereocenters. The van der Waals surface area contributed by atoms with Crippen molar-refractivity contribution in [2.24, 2.45) is 5.92 Å². The van der Waals surface area contributed by atoms with Gasteiger partial charge in [0.2, 0.25) is 5.91 Å². The Morgan fingerprint density at radius 2 is 1.80 bits per heavy atom. The van der Waals surface area contributed by atoms with Crippen molar-refractivity contribution < 1.29 is 4.79 Å². The van der Waals surface area contributed by atoms with Crippen LogP contribution in [0.3, 0.4) is 0 Å². The van der Waals surface area contributed by atoms with E-state index in [1.54, 1.807) is 0 Å². The summed E-state index contributed by atoms with van der Waals surface area (Å²) >= 11 is 3.49. The summed E-state index contributed by atoms with van der Waals surface area (Å²) in [5.74, 6) is 0.609. The van der Waals surface area contributed by atoms with Gasteiger partial charge in [0, 0.05) is 16.8 Å². The minimum absolute atomic E-state index is 0.128. The highest BCUT2D eigenvalue weighted by Gasteiger charge is 2.43. The van der Waals surface area contributed by atoms with Crippen LogP contribution in [0.5, 0.6) is 0 Å². The Morgan fingerprint density at radius 3 is 2.27 bits per heavy atom. The summed E-state index contributed by atoms with van der Waals surface area (Å²) in [5.41, 5.74) is 0.128. The van der Waals surface area contributed by atoms with Gasteiger partial charge in [0.05, 0.1) is 0 Å². The Balaban J connectivity index is 1.83. The summed E-state index contributed by atoms with van der Waals surface area (Å²) < 4.78 is 0. The van der Waals surface area contributed by atoms with Crippen LogP contribution in [0, 0.1) is 5.92 Å². The molecular weight excluding hydrogens is 254 g/mol. The second-order valence-corrected chi connectivity index (χ2v) is 5.65. The number of alkyl halides is 1. The summed E-state index contributed by atoms with van der Waals surface area (Å²) in [6.07, 6.45) is 9.60. The zero-order valence-electron chi connectivity index (χ0n) is 9.23. The van der Waals surface area contributed by atoms with Crippen LogP contribution in [0.2, 0.25) is 0 Å². The fourth-order valence-electron chi connectivity index (χ4n) is 2.35. The Morgan fingerprint density at radius 1 is 1.20 bits per heavy atom. The van der Waals surface area contributed by atoms with Crippen molar-refractivity contribution in [3.05, 3.63) is 0 Å². The van der Waals surface area contributed by atoms with E-state index in [0.717, 1.165) is 31.0 Å². The number of amides is 1. The third-order valence-electron chi connectivity index (χ3n) is 3.72. The Bertz CT molecular complexity index is 230. The number of hydrogen-bond acceptors (Lipinski definition) is 1. The van der Waals surface area contributed by atoms with Crippen LogP contribution in [0.25, 0.3) is 0 Å². The lowest BCUT2D eigenvalue weighted by Crippen LogP contribution is -2.41. The van der Waals surface area contributed by atoms with E-state index in [9.17, 15) is 4.79 Å². The fourth-order valence-corrected chi connectivity index (χ4v) is 3.05. The van der Waals surface area contributed by atoms with E-state index in [2.05, 4.69) is 21.2 Å². The van der Waals surface area contributed by atoms with Crippen LogP contribution in [-0.2, 0) is 4.79 Å². The van der Waals surface area contributed by atoms with Gasteiger partial charge in [-0.1, -0.05) is 41.6 Å². The average Bonchev–Trinajstić information content (AvgIpc) is 3.00. The van der Waals surface area contributed by atoms with Gasteiger partial charge in [-0.3, -0.25) is 4.79 Å². The van der Waals surface area contributed by atoms with Gasteiger partial charge in [-0.05, 0) is 25.7 Å². The molecule has 2 rings (SSSR count). The van der Waals surface area contributed by atoms with Crippen LogP contribution in [0.1, 0.15) is 51.4 Å². The molecule has 1 N–H and O–H groups in total. The first kappa shape index (κ1) is 11.4. The monoisotopic (exact) mass is 273 g/mol. The number of nitrogens with one attached hydrogen (secondary N) is 1. The summed E-state index contributed by atoms with van der Waals surface area (Å²) in [7, 11) is 0. The largest absolute Gasteiger partial charge is 0.350 e. The average molecular weight is 274 g/mol. The highest BCUT2D eigenvalue weighted by atomic mass is 79.9. The van der Waals surface area contributed by atoms with Crippen molar-refractivity contribution in [3.8, 4) is 0 Å². The zero-order valence-corrected chi connectivity index (χ0v) is 10.8. The molecule has 0 atom stereocenters. The van der Waals surface area contributed by atoms with Crippen LogP contribution in [-0.4, -0.2) is 16.8 Å². The first-order valence-corrected chi connectivity index (χ1v) is 7.26. The molecule has 1 amide bonds. The number of carbonyl (C=O) groups excluding carboxylic acids is 1. The van der Waals surface area contributed by atoms with E-state index in [1.165, 1.54) is 25.7 Å². The number of halogens is 1. The molecule has 0 bridgehead atoms. The predicted molar refractivity (Wildman–Crippen MR) is 65.1 cm³/mol. The second kappa shape index (κ2) is 4.86. The molecule has 2 aliphatic carbocycles. The Kier molecular flexibility index (Phi) is 3.70. The minimum atomic E-state index is 0.128. The van der Waals surface area contributed by atoms with Crippen LogP contribution in [0.15, 0.2) is 0 Å². The van der Waals surface area contributed by atoms with E-state index in [1.807, 2.05) is 0 Å². The predicted octanol–water partition coefficient (Wildman–Crippen LogP) is 3.00. The number of carbonyl (C=O) groups is 1. The molecule has 86 valence electrons. The molecule has 0 radical (unpaired) electrons. The Hall–Kier alpha value is -0.0500. The molecule has 0 saturated heterocycles. The third-order valence-corrected chi connectivity index (χ3v) is 4.80. The molecule has 0 spiro atoms. The molecule has 2 nitrogen and oxygen atoms in total. The first-order valence-electron chi connectivity index (χ1n) is 6.14. The maximum Gasteiger partial charge on any atom is 0.223 e. The second-order valence-electron chi connectivity index (χ2n) is 5.09. The molecule has 0 heterocycles. The quantitative estimate of drug-likeness (QED) is 0.622. The molecule has 0 aromatic carbocycles. The van der Waals surface area contributed by atoms with Crippen molar-refractivity contribution in [1.82, 2.24) is 5.32 Å². The first-order chi connectivity index (χ1) is 7.26. The van der Waals surface area contributed by atoms with E-state index in [-0.39, 0.29) is 5.54 Å². The topological polar surface area (TPSA) is 29.1 Å². The molecule has 0 aromatic heterocycles. The maximum absolute atomic E-state index is 12.0. The molecule has 2 saturated carbocycles. The molecule has 3 heteroatoms. The highest BCUT2D eigenvalue weighted by molar-refractivity contribution is 9.09. The number of hydrogen-bond donors (Lipinski definition) is 1. The van der Waals surface area contributed by atoms with Gasteiger partial charge in [-0.2, -0.15) is 0 Å². The van der Waals surface area contributed by atoms with Crippen molar-refractivity contribution in [2.75, 3.05) is 5.33 Å². The van der Waals surface area contributed by atoms with Crippen molar-refractivity contribution in [2.45, 2.75) is 56.9 Å². The summed E-state index contributed by atoms with van der Waals surface area (Å²) in [4.78, 5) is 12.0. The van der Waals surface area contributed by atoms with Crippen LogP contribution >= 0.6 is 15.9 Å². The standard InChI is InChI=1S/C12H20BrNO/c13-9-12(7-8-12)14-11(15)10-5-3-1-2-4-6-10/h10H,1-9H2,(H,14,15). The van der Waals surface area contributed by atoms with E-state index in [0.29, 0.717) is 11.8 Å². The van der Waals surface area contributed by atoms with Gasteiger partial charge in [-0.25, -0.2) is 0 Å². The highest BCUT2D eigenvalue weighted by Crippen LogP contribution is 2.37. The lowest BCUT2D eigenvalue weighted by molar-refractivity contribution is -0.126. The smallest absolute Gasteiger partial charge is 0.223 e. The van der Waals surface area contributed by atoms with Crippen molar-refractivity contribution in [1.29, 1.82) is 0 Å². The SMILES string of the molecule is O=C(NC1(CBr)CC1)C1CCCCCC1. The lowest BCUT2D eigenvalue weighted by atomic mass is 9.99. The molecule has 0 aromatic rings. The van der Waals surface area contributed by atoms with E-state index in [4.69, 9.17) is 0 Å². The van der Waals surface area contributed by atoms with Gasteiger partial charge in [0.15, 0.2) is 0 Å². The van der Waals surface area contributed by atoms with E-state index >= 15 is 0 Å². The number of rotatable bonds is 3. The van der Waals surface area contributed by atoms with Crippen molar-refractivity contribution >= 4 is 21.8 Å². The lowest BCUT2D eigenvalue weighted by Gasteiger charge is -2.19. The molecule has 0 aliphatic heterocycles. The maximum atomic E-state index is 12.0. The Labute approximate surface area is 100 Å². The van der Waals surface area contributed by atoms with Gasteiger partial charge in [0.25, 0.3) is 0 Å². The van der Waals surface area contributed by atoms with Crippen molar-refractivity contribution in [3.63, 3.8) is 0 Å². The van der Waals surface area contributed by atoms with Crippen LogP contribution < -0.4 is 5.32 Å². The molecule has 2 aliphatic rings. The van der Waals surface area contributed by atoms with E-state index < -0.39 is 0 Å². The van der Waals surface area contributed by atoms with Gasteiger partial charge in [-0.15, -0.1) is 0 Å². The normalized spacial score (nSPS) is 25.7. The van der Waals surface area contributed by atoms with Gasteiger partial charge >= 0.3 is 0 Å². The summed E-state index contributed by atoms with van der Waals surface area (Å²) in [6.45, 7) is 0. The summed E-state index contributed by atoms with van der Waals surface area (Å²) in [6, 6.07) is 0. The zero-order chi connectivity index (χ0) is 10.7. The molecule has 15 heavy (non-hydrogen) atoms. The third kappa shape index (κ3) is 2.96.